The maximum Gasteiger partial charge on any atom is 0.453 e. The van der Waals surface area contributed by atoms with Gasteiger partial charge in [0.15, 0.2) is 0 Å². The zero-order valence-electron chi connectivity index (χ0n) is 16.0. The molecule has 1 unspecified atom stereocenters. The number of carbonyl (C=O) groups excluding carboxylic acids is 1. The van der Waals surface area contributed by atoms with Crippen molar-refractivity contribution in [3.05, 3.63) is 57.1 Å². The van der Waals surface area contributed by atoms with E-state index < -0.39 is 12.0 Å². The minimum Gasteiger partial charge on any atom is -0.350 e. The molecule has 1 N–H and O–H groups in total. The van der Waals surface area contributed by atoms with Crippen molar-refractivity contribution >= 4 is 27.6 Å². The summed E-state index contributed by atoms with van der Waals surface area (Å²) >= 11 is 3.37. The van der Waals surface area contributed by atoms with Gasteiger partial charge in [0, 0.05) is 22.3 Å². The molecule has 3 rings (SSSR count). The molecule has 0 bridgehead atoms. The lowest BCUT2D eigenvalue weighted by molar-refractivity contribution is -0.144. The molecule has 1 atom stereocenters. The highest BCUT2D eigenvalue weighted by Gasteiger charge is 2.37. The number of alkyl halides is 3. The first kappa shape index (κ1) is 21.2. The number of halogens is 4. The van der Waals surface area contributed by atoms with Gasteiger partial charge in [-0.3, -0.25) is 4.79 Å². The van der Waals surface area contributed by atoms with Crippen LogP contribution >= 0.6 is 15.9 Å². The van der Waals surface area contributed by atoms with Gasteiger partial charge in [-0.2, -0.15) is 18.2 Å². The van der Waals surface area contributed by atoms with Gasteiger partial charge in [-0.1, -0.05) is 28.1 Å². The Morgan fingerprint density at radius 3 is 2.48 bits per heavy atom. The van der Waals surface area contributed by atoms with E-state index in [1.165, 1.54) is 0 Å². The van der Waals surface area contributed by atoms with Crippen molar-refractivity contribution in [1.82, 2.24) is 24.9 Å². The molecule has 29 heavy (non-hydrogen) atoms. The van der Waals surface area contributed by atoms with Crippen molar-refractivity contribution in [3.63, 3.8) is 0 Å². The number of benzene rings is 1. The summed E-state index contributed by atoms with van der Waals surface area (Å²) in [5.74, 6) is -1.50. The fourth-order valence-corrected chi connectivity index (χ4v) is 3.34. The zero-order chi connectivity index (χ0) is 21.3. The van der Waals surface area contributed by atoms with E-state index in [4.69, 9.17) is 0 Å². The first-order chi connectivity index (χ1) is 13.6. The molecule has 0 aliphatic carbocycles. The van der Waals surface area contributed by atoms with Crippen molar-refractivity contribution in [3.8, 4) is 0 Å². The molecule has 0 aliphatic heterocycles. The summed E-state index contributed by atoms with van der Waals surface area (Å²) in [7, 11) is 0. The van der Waals surface area contributed by atoms with Crippen LogP contribution in [0.5, 0.6) is 0 Å². The summed E-state index contributed by atoms with van der Waals surface area (Å²) in [6, 6.07) is 7.48. The largest absolute Gasteiger partial charge is 0.453 e. The van der Waals surface area contributed by atoms with Crippen LogP contribution in [0.3, 0.4) is 0 Å². The van der Waals surface area contributed by atoms with Crippen molar-refractivity contribution < 1.29 is 18.0 Å². The average molecular weight is 470 g/mol. The lowest BCUT2D eigenvalue weighted by Crippen LogP contribution is -2.27. The predicted octanol–water partition coefficient (Wildman–Crippen LogP) is 4.33. The van der Waals surface area contributed by atoms with E-state index in [1.54, 1.807) is 13.8 Å². The van der Waals surface area contributed by atoms with Gasteiger partial charge in [0.25, 0.3) is 11.6 Å². The molecule has 1 aromatic carbocycles. The summed E-state index contributed by atoms with van der Waals surface area (Å²) < 4.78 is 40.7. The van der Waals surface area contributed by atoms with E-state index in [0.29, 0.717) is 23.4 Å². The SMILES string of the molecule is Cc1nc2nc(C(F)(F)F)nn2c(C)c1CCC(=O)NC(C)c1ccc(Br)cc1. The summed E-state index contributed by atoms with van der Waals surface area (Å²) in [6.07, 6.45) is -4.13. The van der Waals surface area contributed by atoms with Gasteiger partial charge in [0.1, 0.15) is 0 Å². The van der Waals surface area contributed by atoms with Crippen LogP contribution < -0.4 is 5.32 Å². The van der Waals surface area contributed by atoms with Crippen molar-refractivity contribution in [2.24, 2.45) is 0 Å². The third kappa shape index (κ3) is 4.75. The van der Waals surface area contributed by atoms with Gasteiger partial charge >= 0.3 is 6.18 Å². The summed E-state index contributed by atoms with van der Waals surface area (Å²) in [5, 5.41) is 6.45. The quantitative estimate of drug-likeness (QED) is 0.603. The van der Waals surface area contributed by atoms with Gasteiger partial charge in [0.05, 0.1) is 6.04 Å². The molecule has 0 aliphatic rings. The van der Waals surface area contributed by atoms with E-state index in [-0.39, 0.29) is 24.1 Å². The minimum absolute atomic E-state index is 0.107. The van der Waals surface area contributed by atoms with Gasteiger partial charge < -0.3 is 5.32 Å². The molecule has 0 radical (unpaired) electrons. The number of hydrogen-bond acceptors (Lipinski definition) is 4. The van der Waals surface area contributed by atoms with E-state index in [0.717, 1.165) is 14.6 Å². The smallest absolute Gasteiger partial charge is 0.350 e. The highest BCUT2D eigenvalue weighted by atomic mass is 79.9. The van der Waals surface area contributed by atoms with Crippen molar-refractivity contribution in [2.75, 3.05) is 0 Å². The Bertz CT molecular complexity index is 1050. The van der Waals surface area contributed by atoms with Gasteiger partial charge in [-0.25, -0.2) is 9.50 Å². The Kier molecular flexibility index (Phi) is 5.92. The van der Waals surface area contributed by atoms with Crippen LogP contribution in [-0.2, 0) is 17.4 Å². The Morgan fingerprint density at radius 2 is 1.86 bits per heavy atom. The molecular weight excluding hydrogens is 451 g/mol. The molecule has 0 saturated carbocycles. The second-order valence-corrected chi connectivity index (χ2v) is 7.66. The van der Waals surface area contributed by atoms with Crippen LogP contribution in [0.1, 0.15) is 47.7 Å². The third-order valence-corrected chi connectivity index (χ3v) is 5.18. The first-order valence-electron chi connectivity index (χ1n) is 8.91. The minimum atomic E-state index is -4.64. The number of rotatable bonds is 5. The molecule has 0 saturated heterocycles. The van der Waals surface area contributed by atoms with Gasteiger partial charge in [-0.15, -0.1) is 5.10 Å². The fourth-order valence-electron chi connectivity index (χ4n) is 3.08. The van der Waals surface area contributed by atoms with Crippen molar-refractivity contribution in [1.29, 1.82) is 0 Å². The molecule has 0 spiro atoms. The van der Waals surface area contributed by atoms with Crippen LogP contribution in [0.4, 0.5) is 13.2 Å². The Balaban J connectivity index is 1.72. The lowest BCUT2D eigenvalue weighted by atomic mass is 10.1. The number of aryl methyl sites for hydroxylation is 2. The molecule has 3 aromatic rings. The van der Waals surface area contributed by atoms with E-state index >= 15 is 0 Å². The number of fused-ring (bicyclic) bond motifs is 1. The normalized spacial score (nSPS) is 12.9. The third-order valence-electron chi connectivity index (χ3n) is 4.65. The number of hydrogen-bond donors (Lipinski definition) is 1. The summed E-state index contributed by atoms with van der Waals surface area (Å²) in [5.41, 5.74) is 2.68. The zero-order valence-corrected chi connectivity index (χ0v) is 17.6. The van der Waals surface area contributed by atoms with Crippen LogP contribution in [0.25, 0.3) is 5.78 Å². The maximum absolute atomic E-state index is 12.9. The number of amides is 1. The Hall–Kier alpha value is -2.49. The highest BCUT2D eigenvalue weighted by molar-refractivity contribution is 9.10. The standard InChI is InChI=1S/C19H19BrF3N5O/c1-10(13-4-6-14(20)7-5-13)24-16(29)9-8-15-11(2)25-18-26-17(19(21,22)23)27-28(18)12(15)3/h4-7,10H,8-9H2,1-3H3,(H,24,29). The van der Waals surface area contributed by atoms with E-state index in [1.807, 2.05) is 31.2 Å². The lowest BCUT2D eigenvalue weighted by Gasteiger charge is -2.15. The second kappa shape index (κ2) is 8.10. The maximum atomic E-state index is 12.9. The molecule has 1 amide bonds. The van der Waals surface area contributed by atoms with E-state index in [2.05, 4.69) is 36.3 Å². The molecule has 2 heterocycles. The number of nitrogens with zero attached hydrogens (tertiary/aromatic N) is 4. The van der Waals surface area contributed by atoms with Crippen LogP contribution in [0.2, 0.25) is 0 Å². The molecule has 0 fully saturated rings. The van der Waals surface area contributed by atoms with Gasteiger partial charge in [0.2, 0.25) is 5.91 Å². The summed E-state index contributed by atoms with van der Waals surface area (Å²) in [6.45, 7) is 5.22. The van der Waals surface area contributed by atoms with Crippen LogP contribution in [0, 0.1) is 13.8 Å². The monoisotopic (exact) mass is 469 g/mol. The Morgan fingerprint density at radius 1 is 1.21 bits per heavy atom. The topological polar surface area (TPSA) is 72.2 Å². The average Bonchev–Trinajstić information content (AvgIpc) is 3.06. The molecule has 2 aromatic heterocycles. The second-order valence-electron chi connectivity index (χ2n) is 6.75. The van der Waals surface area contributed by atoms with Crippen LogP contribution in [-0.4, -0.2) is 25.5 Å². The molecule has 10 heteroatoms. The molecular formula is C19H19BrF3N5O. The molecule has 6 nitrogen and oxygen atoms in total. The van der Waals surface area contributed by atoms with Crippen molar-refractivity contribution in [2.45, 2.75) is 45.8 Å². The van der Waals surface area contributed by atoms with Gasteiger partial charge in [-0.05, 0) is 50.5 Å². The summed E-state index contributed by atoms with van der Waals surface area (Å²) in [4.78, 5) is 19.9. The number of carbonyl (C=O) groups is 1. The number of nitrogens with one attached hydrogen (secondary N) is 1. The molecule has 154 valence electrons. The fraction of sp³-hybridized carbons (Fsp3) is 0.368. The first-order valence-corrected chi connectivity index (χ1v) is 9.70. The predicted molar refractivity (Wildman–Crippen MR) is 104 cm³/mol. The highest BCUT2D eigenvalue weighted by Crippen LogP contribution is 2.27. The van der Waals surface area contributed by atoms with Crippen LogP contribution in [0.15, 0.2) is 28.7 Å². The Labute approximate surface area is 173 Å². The van der Waals surface area contributed by atoms with E-state index in [9.17, 15) is 18.0 Å². The number of aromatic nitrogens is 4.